The molecule has 0 saturated heterocycles. The van der Waals surface area contributed by atoms with Gasteiger partial charge in [0.05, 0.1) is 0 Å². The van der Waals surface area contributed by atoms with Crippen molar-refractivity contribution in [3.05, 3.63) is 127 Å². The molecule has 0 saturated carbocycles. The molecule has 0 radical (unpaired) electrons. The highest BCUT2D eigenvalue weighted by Crippen LogP contribution is 2.40. The quantitative estimate of drug-likeness (QED) is 0.0251. The third-order valence-corrected chi connectivity index (χ3v) is 14.0. The van der Waals surface area contributed by atoms with E-state index in [0.29, 0.717) is 37.0 Å². The fourth-order valence-electron chi connectivity index (χ4n) is 10.1. The third-order valence-electron chi connectivity index (χ3n) is 14.0. The fraction of sp³-hybridized carbons (Fsp3) is 0.565. The maximum atomic E-state index is 12.5. The van der Waals surface area contributed by atoms with Crippen LogP contribution in [0.4, 0.5) is 0 Å². The fourth-order valence-corrected chi connectivity index (χ4v) is 10.1. The van der Waals surface area contributed by atoms with Crippen molar-refractivity contribution >= 4 is 5.97 Å². The van der Waals surface area contributed by atoms with E-state index in [1.165, 1.54) is 106 Å². The van der Waals surface area contributed by atoms with Gasteiger partial charge in [-0.2, -0.15) is 0 Å². The van der Waals surface area contributed by atoms with Gasteiger partial charge in [-0.25, -0.2) is 4.79 Å². The lowest BCUT2D eigenvalue weighted by Gasteiger charge is -2.22. The first-order chi connectivity index (χ1) is 33.0. The van der Waals surface area contributed by atoms with E-state index in [2.05, 4.69) is 82.8 Å². The van der Waals surface area contributed by atoms with Crippen molar-refractivity contribution in [3.63, 3.8) is 0 Å². The summed E-state index contributed by atoms with van der Waals surface area (Å²) < 4.78 is 12.3. The van der Waals surface area contributed by atoms with Crippen molar-refractivity contribution in [3.8, 4) is 23.0 Å². The van der Waals surface area contributed by atoms with Gasteiger partial charge in [-0.15, -0.1) is 0 Å². The molecule has 1 aliphatic rings. The van der Waals surface area contributed by atoms with Crippen LogP contribution in [0.5, 0.6) is 23.0 Å². The molecule has 3 N–H and O–H groups in total. The molecule has 8 bridgehead atoms. The molecule has 0 unspecified atom stereocenters. The number of rotatable bonds is 29. The summed E-state index contributed by atoms with van der Waals surface area (Å²) in [6, 6.07) is 17.6. The summed E-state index contributed by atoms with van der Waals surface area (Å²) in [7, 11) is 0. The average Bonchev–Trinajstić information content (AvgIpc) is 3.31. The number of aryl methyl sites for hydroxylation is 4. The zero-order valence-electron chi connectivity index (χ0n) is 43.1. The molecular weight excluding hydrogens is 841 g/mol. The van der Waals surface area contributed by atoms with Gasteiger partial charge in [0.25, 0.3) is 0 Å². The van der Waals surface area contributed by atoms with Gasteiger partial charge in [-0.05, 0) is 125 Å². The summed E-state index contributed by atoms with van der Waals surface area (Å²) in [4.78, 5) is 12.5. The molecule has 0 atom stereocenters. The largest absolute Gasteiger partial charge is 0.507 e. The van der Waals surface area contributed by atoms with Gasteiger partial charge in [0.2, 0.25) is 0 Å². The normalized spacial score (nSPS) is 12.3. The van der Waals surface area contributed by atoms with Crippen LogP contribution in [0.25, 0.3) is 0 Å². The first-order valence-electron chi connectivity index (χ1n) is 27.2. The van der Waals surface area contributed by atoms with Crippen molar-refractivity contribution in [2.75, 3.05) is 13.2 Å². The van der Waals surface area contributed by atoms with E-state index in [4.69, 9.17) is 9.47 Å². The lowest BCUT2D eigenvalue weighted by Crippen LogP contribution is -2.14. The number of fused-ring (bicyclic) bond motifs is 8. The predicted octanol–water partition coefficient (Wildman–Crippen LogP) is 16.0. The first-order valence-corrected chi connectivity index (χ1v) is 27.2. The van der Waals surface area contributed by atoms with Gasteiger partial charge in [-0.3, -0.25) is 0 Å². The Kier molecular flexibility index (Phi) is 23.4. The zero-order valence-corrected chi connectivity index (χ0v) is 43.1. The molecule has 0 aliphatic heterocycles. The molecule has 372 valence electrons. The van der Waals surface area contributed by atoms with Crippen molar-refractivity contribution in [1.29, 1.82) is 0 Å². The van der Waals surface area contributed by atoms with Crippen LogP contribution in [0.3, 0.4) is 0 Å². The third kappa shape index (κ3) is 17.1. The van der Waals surface area contributed by atoms with E-state index in [0.717, 1.165) is 115 Å². The van der Waals surface area contributed by atoms with E-state index in [1.54, 1.807) is 6.92 Å². The topological polar surface area (TPSA) is 96.2 Å². The number of ether oxygens (including phenoxy) is 2. The van der Waals surface area contributed by atoms with Crippen LogP contribution in [0.15, 0.2) is 60.7 Å². The monoisotopic (exact) mass is 929 g/mol. The highest BCUT2D eigenvalue weighted by Gasteiger charge is 2.23. The molecule has 4 aromatic carbocycles. The smallest absolute Gasteiger partial charge is 0.333 e. The molecule has 68 heavy (non-hydrogen) atoms. The standard InChI is InChI=1S/C62H88O6/c1-7-11-15-19-23-27-46-33-50-41-52-35-47(28-24-20-16-12-8-2)37-54(59(52)64)43-56-39-49(30-26-22-18-14-10-4)40-57(61(56)67-31-32-68-62(66)45(5)6)44-55-38-48(29-25-21-17-13-9-3)36-53(60(55)65)42-51(34-46)58(50)63/h33-40,63-65H,5,7-32,41-44H2,1-4,6H3. The molecule has 0 spiro atoms. The van der Waals surface area contributed by atoms with Crippen molar-refractivity contribution in [2.45, 2.75) is 214 Å². The second kappa shape index (κ2) is 29.3. The Morgan fingerprint density at radius 3 is 0.971 bits per heavy atom. The number of benzene rings is 4. The van der Waals surface area contributed by atoms with Gasteiger partial charge in [0.1, 0.15) is 36.2 Å². The van der Waals surface area contributed by atoms with E-state index < -0.39 is 5.97 Å². The van der Waals surface area contributed by atoms with Crippen molar-refractivity contribution in [2.24, 2.45) is 0 Å². The molecule has 0 fully saturated rings. The summed E-state index contributed by atoms with van der Waals surface area (Å²) in [5, 5.41) is 37.2. The number of unbranched alkanes of at least 4 members (excludes halogenated alkanes) is 16. The Labute approximate surface area is 412 Å². The summed E-state index contributed by atoms with van der Waals surface area (Å²) in [5.41, 5.74) is 12.0. The van der Waals surface area contributed by atoms with Crippen LogP contribution in [-0.4, -0.2) is 34.5 Å². The number of phenolic OH excluding ortho intramolecular Hbond substituents is 3. The van der Waals surface area contributed by atoms with Crippen LogP contribution < -0.4 is 4.74 Å². The van der Waals surface area contributed by atoms with Crippen LogP contribution in [0, 0.1) is 0 Å². The van der Waals surface area contributed by atoms with Crippen LogP contribution in [-0.2, 0) is 60.9 Å². The number of hydrogen-bond donors (Lipinski definition) is 3. The number of carbonyl (C=O) groups is 1. The number of esters is 1. The van der Waals surface area contributed by atoms with Gasteiger partial charge in [0.15, 0.2) is 0 Å². The highest BCUT2D eigenvalue weighted by molar-refractivity contribution is 5.86. The minimum atomic E-state index is -0.447. The van der Waals surface area contributed by atoms with Crippen LogP contribution >= 0.6 is 0 Å². The summed E-state index contributed by atoms with van der Waals surface area (Å²) in [5.74, 6) is 1.04. The van der Waals surface area contributed by atoms with Gasteiger partial charge in [-0.1, -0.05) is 186 Å². The Hall–Kier alpha value is -4.71. The summed E-state index contributed by atoms with van der Waals surface area (Å²) in [6.45, 7) is 14.6. The minimum Gasteiger partial charge on any atom is -0.507 e. The zero-order chi connectivity index (χ0) is 48.7. The van der Waals surface area contributed by atoms with Crippen molar-refractivity contribution in [1.82, 2.24) is 0 Å². The molecule has 0 aromatic heterocycles. The Bertz CT molecular complexity index is 2080. The van der Waals surface area contributed by atoms with E-state index in [1.807, 2.05) is 0 Å². The number of carbonyl (C=O) groups excluding carboxylic acids is 1. The SMILES string of the molecule is C=C(C)C(=O)OCCOc1c2cc(CCCCCCC)cc1Cc1cc(CCCCCCC)cc(c1O)Cc1cc(CCCCCCC)cc(c1O)Cc1cc(CCCCCCC)cc(c1O)C2. The average molecular weight is 929 g/mol. The van der Waals surface area contributed by atoms with Gasteiger partial charge >= 0.3 is 5.97 Å². The number of aromatic hydroxyl groups is 3. The molecule has 5 rings (SSSR count). The maximum absolute atomic E-state index is 12.5. The second-order valence-electron chi connectivity index (χ2n) is 20.2. The van der Waals surface area contributed by atoms with Crippen molar-refractivity contribution < 1.29 is 29.6 Å². The summed E-state index contributed by atoms with van der Waals surface area (Å²) >= 11 is 0. The molecule has 6 nitrogen and oxygen atoms in total. The molecular formula is C62H88O6. The molecule has 4 aromatic rings. The molecule has 6 heteroatoms. The lowest BCUT2D eigenvalue weighted by molar-refractivity contribution is -0.139. The number of hydrogen-bond acceptors (Lipinski definition) is 6. The second-order valence-corrected chi connectivity index (χ2v) is 20.2. The Balaban J connectivity index is 1.71. The van der Waals surface area contributed by atoms with Crippen LogP contribution in [0.1, 0.15) is 230 Å². The molecule has 0 heterocycles. The van der Waals surface area contributed by atoms with E-state index in [9.17, 15) is 20.1 Å². The molecule has 0 amide bonds. The Morgan fingerprint density at radius 1 is 0.426 bits per heavy atom. The van der Waals surface area contributed by atoms with E-state index >= 15 is 0 Å². The number of phenols is 3. The Morgan fingerprint density at radius 2 is 0.691 bits per heavy atom. The molecule has 1 aliphatic carbocycles. The highest BCUT2D eigenvalue weighted by atomic mass is 16.6. The van der Waals surface area contributed by atoms with E-state index in [-0.39, 0.29) is 30.5 Å². The lowest BCUT2D eigenvalue weighted by atomic mass is 9.87. The first kappa shape index (κ1) is 54.2. The maximum Gasteiger partial charge on any atom is 0.333 e. The minimum absolute atomic E-state index is 0.0670. The van der Waals surface area contributed by atoms with Crippen LogP contribution in [0.2, 0.25) is 0 Å². The van der Waals surface area contributed by atoms with Gasteiger partial charge in [0, 0.05) is 31.3 Å². The van der Waals surface area contributed by atoms with Gasteiger partial charge < -0.3 is 24.8 Å². The predicted molar refractivity (Wildman–Crippen MR) is 283 cm³/mol. The summed E-state index contributed by atoms with van der Waals surface area (Å²) in [6.07, 6.45) is 28.8.